The molecule has 0 aliphatic rings. The lowest BCUT2D eigenvalue weighted by molar-refractivity contribution is 0.0473. The molecule has 4 N–H and O–H groups in total. The molecule has 0 saturated carbocycles. The number of rotatable bonds is 3. The Morgan fingerprint density at radius 1 is 1.15 bits per heavy atom. The van der Waals surface area contributed by atoms with Gasteiger partial charge < -0.3 is 16.2 Å². The lowest BCUT2D eigenvalue weighted by Crippen LogP contribution is -2.07. The van der Waals surface area contributed by atoms with Crippen molar-refractivity contribution in [2.24, 2.45) is 0 Å². The molecule has 2 aromatic carbocycles. The van der Waals surface area contributed by atoms with E-state index in [-0.39, 0.29) is 17.2 Å². The van der Waals surface area contributed by atoms with Crippen LogP contribution < -0.4 is 11.5 Å². The average molecular weight is 295 g/mol. The third kappa shape index (κ3) is 3.39. The molecule has 0 unspecified atom stereocenters. The highest BCUT2D eigenvalue weighted by atomic mass is 35.5. The first kappa shape index (κ1) is 14.1. The van der Waals surface area contributed by atoms with Gasteiger partial charge in [-0.25, -0.2) is 9.18 Å². The minimum absolute atomic E-state index is 0.0628. The second-order valence-electron chi connectivity index (χ2n) is 4.20. The van der Waals surface area contributed by atoms with Gasteiger partial charge in [-0.15, -0.1) is 0 Å². The Hall–Kier alpha value is -2.27. The molecule has 104 valence electrons. The molecule has 0 aliphatic heterocycles. The van der Waals surface area contributed by atoms with Gasteiger partial charge in [0.1, 0.15) is 12.4 Å². The average Bonchev–Trinajstić information content (AvgIpc) is 2.36. The Balaban J connectivity index is 2.08. The SMILES string of the molecule is Nc1cc(N)cc(C(=O)OCc2ccc(F)cc2Cl)c1. The fraction of sp³-hybridized carbons (Fsp3) is 0.0714. The highest BCUT2D eigenvalue weighted by molar-refractivity contribution is 6.31. The van der Waals surface area contributed by atoms with Crippen LogP contribution in [0, 0.1) is 5.82 Å². The van der Waals surface area contributed by atoms with E-state index in [4.69, 9.17) is 27.8 Å². The molecule has 0 radical (unpaired) electrons. The smallest absolute Gasteiger partial charge is 0.338 e. The standard InChI is InChI=1S/C14H12ClFN2O2/c15-13-5-10(16)2-1-8(13)7-20-14(19)9-3-11(17)6-12(18)4-9/h1-6H,7,17-18H2. The summed E-state index contributed by atoms with van der Waals surface area (Å²) in [6.07, 6.45) is 0. The van der Waals surface area contributed by atoms with Crippen LogP contribution in [0.5, 0.6) is 0 Å². The number of hydrogen-bond donors (Lipinski definition) is 2. The van der Waals surface area contributed by atoms with Gasteiger partial charge in [0.2, 0.25) is 0 Å². The van der Waals surface area contributed by atoms with Crippen molar-refractivity contribution >= 4 is 28.9 Å². The molecule has 0 bridgehead atoms. The summed E-state index contributed by atoms with van der Waals surface area (Å²) < 4.78 is 18.0. The fourth-order valence-electron chi connectivity index (χ4n) is 1.66. The summed E-state index contributed by atoms with van der Waals surface area (Å²) in [5.41, 5.74) is 12.7. The van der Waals surface area contributed by atoms with E-state index in [1.807, 2.05) is 0 Å². The van der Waals surface area contributed by atoms with Crippen LogP contribution in [-0.2, 0) is 11.3 Å². The number of carbonyl (C=O) groups is 1. The Kier molecular flexibility index (Phi) is 4.10. The molecule has 0 saturated heterocycles. The van der Waals surface area contributed by atoms with Crippen molar-refractivity contribution in [1.29, 1.82) is 0 Å². The maximum Gasteiger partial charge on any atom is 0.338 e. The van der Waals surface area contributed by atoms with Crippen molar-refractivity contribution in [1.82, 2.24) is 0 Å². The first-order valence-corrected chi connectivity index (χ1v) is 6.10. The fourth-order valence-corrected chi connectivity index (χ4v) is 1.88. The van der Waals surface area contributed by atoms with E-state index in [0.717, 1.165) is 6.07 Å². The first-order chi connectivity index (χ1) is 9.45. The van der Waals surface area contributed by atoms with Crippen molar-refractivity contribution < 1.29 is 13.9 Å². The maximum absolute atomic E-state index is 12.9. The number of ether oxygens (including phenoxy) is 1. The summed E-state index contributed by atoms with van der Waals surface area (Å²) in [5.74, 6) is -1.03. The van der Waals surface area contributed by atoms with Crippen molar-refractivity contribution in [2.75, 3.05) is 11.5 Å². The molecule has 0 spiro atoms. The predicted octanol–water partition coefficient (Wildman–Crippen LogP) is 3.00. The van der Waals surface area contributed by atoms with Crippen molar-refractivity contribution in [3.63, 3.8) is 0 Å². The number of nitrogen functional groups attached to an aromatic ring is 2. The van der Waals surface area contributed by atoms with Crippen LogP contribution in [0.3, 0.4) is 0 Å². The van der Waals surface area contributed by atoms with Gasteiger partial charge >= 0.3 is 5.97 Å². The highest BCUT2D eigenvalue weighted by Crippen LogP contribution is 2.19. The molecular weight excluding hydrogens is 283 g/mol. The third-order valence-corrected chi connectivity index (χ3v) is 2.94. The van der Waals surface area contributed by atoms with Gasteiger partial charge in [0, 0.05) is 16.9 Å². The first-order valence-electron chi connectivity index (χ1n) is 5.73. The number of halogens is 2. The van der Waals surface area contributed by atoms with E-state index in [9.17, 15) is 9.18 Å². The van der Waals surface area contributed by atoms with Crippen LogP contribution in [0.15, 0.2) is 36.4 Å². The second kappa shape index (κ2) is 5.79. The van der Waals surface area contributed by atoms with E-state index in [0.29, 0.717) is 16.9 Å². The van der Waals surface area contributed by atoms with Crippen LogP contribution in [0.25, 0.3) is 0 Å². The third-order valence-electron chi connectivity index (χ3n) is 2.59. The van der Waals surface area contributed by atoms with Gasteiger partial charge in [0.15, 0.2) is 0 Å². The van der Waals surface area contributed by atoms with Crippen molar-refractivity contribution in [3.8, 4) is 0 Å². The molecule has 0 atom stereocenters. The molecule has 2 rings (SSSR count). The lowest BCUT2D eigenvalue weighted by Gasteiger charge is -2.08. The predicted molar refractivity (Wildman–Crippen MR) is 75.8 cm³/mol. The minimum atomic E-state index is -0.579. The molecule has 2 aromatic rings. The largest absolute Gasteiger partial charge is 0.457 e. The molecule has 0 fully saturated rings. The van der Waals surface area contributed by atoms with Crippen LogP contribution in [0.2, 0.25) is 5.02 Å². The summed E-state index contributed by atoms with van der Waals surface area (Å²) in [5, 5.41) is 0.199. The van der Waals surface area contributed by atoms with E-state index in [1.54, 1.807) is 0 Å². The Morgan fingerprint density at radius 3 is 2.40 bits per heavy atom. The monoisotopic (exact) mass is 294 g/mol. The van der Waals surface area contributed by atoms with Gasteiger partial charge in [0.25, 0.3) is 0 Å². The zero-order valence-corrected chi connectivity index (χ0v) is 11.2. The summed E-state index contributed by atoms with van der Waals surface area (Å²) in [6, 6.07) is 8.32. The maximum atomic E-state index is 12.9. The minimum Gasteiger partial charge on any atom is -0.457 e. The Bertz CT molecular complexity index is 641. The topological polar surface area (TPSA) is 78.3 Å². The van der Waals surface area contributed by atoms with Gasteiger partial charge in [-0.1, -0.05) is 17.7 Å². The summed E-state index contributed by atoms with van der Waals surface area (Å²) >= 11 is 5.84. The van der Waals surface area contributed by atoms with Crippen molar-refractivity contribution in [2.45, 2.75) is 6.61 Å². The zero-order chi connectivity index (χ0) is 14.7. The van der Waals surface area contributed by atoms with Gasteiger partial charge in [-0.05, 0) is 30.3 Å². The Labute approximate surface area is 120 Å². The quantitative estimate of drug-likeness (QED) is 0.674. The highest BCUT2D eigenvalue weighted by Gasteiger charge is 2.10. The van der Waals surface area contributed by atoms with Crippen LogP contribution in [-0.4, -0.2) is 5.97 Å². The second-order valence-corrected chi connectivity index (χ2v) is 4.61. The van der Waals surface area contributed by atoms with E-state index >= 15 is 0 Å². The molecule has 0 heterocycles. The summed E-state index contributed by atoms with van der Waals surface area (Å²) in [6.45, 7) is -0.0628. The number of esters is 1. The molecule has 6 heteroatoms. The summed E-state index contributed by atoms with van der Waals surface area (Å²) in [4.78, 5) is 11.9. The number of anilines is 2. The van der Waals surface area contributed by atoms with Crippen LogP contribution in [0.1, 0.15) is 15.9 Å². The number of carbonyl (C=O) groups excluding carboxylic acids is 1. The normalized spacial score (nSPS) is 10.3. The van der Waals surface area contributed by atoms with E-state index in [2.05, 4.69) is 0 Å². The van der Waals surface area contributed by atoms with Crippen molar-refractivity contribution in [3.05, 3.63) is 58.4 Å². The molecule has 4 nitrogen and oxygen atoms in total. The van der Waals surface area contributed by atoms with E-state index < -0.39 is 11.8 Å². The molecule has 20 heavy (non-hydrogen) atoms. The number of nitrogens with two attached hydrogens (primary N) is 2. The molecule has 0 aliphatic carbocycles. The number of benzene rings is 2. The molecule has 0 aromatic heterocycles. The van der Waals surface area contributed by atoms with Gasteiger partial charge in [0.05, 0.1) is 10.6 Å². The Morgan fingerprint density at radius 2 is 1.80 bits per heavy atom. The van der Waals surface area contributed by atoms with Gasteiger partial charge in [-0.3, -0.25) is 0 Å². The molecular formula is C14H12ClFN2O2. The van der Waals surface area contributed by atoms with E-state index in [1.165, 1.54) is 30.3 Å². The zero-order valence-electron chi connectivity index (χ0n) is 10.4. The number of hydrogen-bond acceptors (Lipinski definition) is 4. The molecule has 0 amide bonds. The van der Waals surface area contributed by atoms with Crippen LogP contribution in [0.4, 0.5) is 15.8 Å². The summed E-state index contributed by atoms with van der Waals surface area (Å²) in [7, 11) is 0. The van der Waals surface area contributed by atoms with Gasteiger partial charge in [-0.2, -0.15) is 0 Å². The lowest BCUT2D eigenvalue weighted by atomic mass is 10.2. The van der Waals surface area contributed by atoms with Crippen LogP contribution >= 0.6 is 11.6 Å².